The number of nitriles is 1. The monoisotopic (exact) mass is 406 g/mol. The van der Waals surface area contributed by atoms with E-state index in [1.165, 1.54) is 0 Å². The summed E-state index contributed by atoms with van der Waals surface area (Å²) >= 11 is 0. The Morgan fingerprint density at radius 1 is 1.13 bits per heavy atom. The average molecular weight is 406 g/mol. The van der Waals surface area contributed by atoms with Crippen molar-refractivity contribution in [2.45, 2.75) is 6.42 Å². The fourth-order valence-electron chi connectivity index (χ4n) is 3.65. The van der Waals surface area contributed by atoms with Crippen LogP contribution in [0.2, 0.25) is 0 Å². The standard InChI is InChI=1S/C25H18N4O2/c26-13-20-15-29-22-6-1-16(11-21(20)22)7-10-28-25(30)18-4-2-17(3-5-18)24-12-19-14-27-9-8-23(19)31-24/h1-6,8-9,11-12,14-15,29H,7,10H2,(H,28,30). The van der Waals surface area contributed by atoms with E-state index in [1.807, 2.05) is 42.5 Å². The van der Waals surface area contributed by atoms with E-state index < -0.39 is 0 Å². The molecule has 6 heteroatoms. The Morgan fingerprint density at radius 3 is 2.81 bits per heavy atom. The maximum Gasteiger partial charge on any atom is 0.251 e. The van der Waals surface area contributed by atoms with Gasteiger partial charge >= 0.3 is 0 Å². The molecule has 0 fully saturated rings. The quantitative estimate of drug-likeness (QED) is 0.437. The van der Waals surface area contributed by atoms with Crippen molar-refractivity contribution in [1.29, 1.82) is 5.26 Å². The molecule has 5 rings (SSSR count). The van der Waals surface area contributed by atoms with Crippen LogP contribution in [0.5, 0.6) is 0 Å². The van der Waals surface area contributed by atoms with Gasteiger partial charge in [0.1, 0.15) is 17.4 Å². The molecule has 5 aromatic rings. The lowest BCUT2D eigenvalue weighted by atomic mass is 10.1. The summed E-state index contributed by atoms with van der Waals surface area (Å²) in [6.45, 7) is 0.509. The summed E-state index contributed by atoms with van der Waals surface area (Å²) in [4.78, 5) is 19.7. The van der Waals surface area contributed by atoms with Gasteiger partial charge in [0.05, 0.1) is 5.56 Å². The number of rotatable bonds is 5. The van der Waals surface area contributed by atoms with Gasteiger partial charge in [0.15, 0.2) is 0 Å². The van der Waals surface area contributed by atoms with Gasteiger partial charge in [-0.2, -0.15) is 5.26 Å². The Morgan fingerprint density at radius 2 is 2.00 bits per heavy atom. The van der Waals surface area contributed by atoms with E-state index in [9.17, 15) is 10.1 Å². The summed E-state index contributed by atoms with van der Waals surface area (Å²) in [6.07, 6.45) is 5.85. The molecule has 0 bridgehead atoms. The number of amides is 1. The van der Waals surface area contributed by atoms with Gasteiger partial charge in [0.25, 0.3) is 5.91 Å². The van der Waals surface area contributed by atoms with Crippen molar-refractivity contribution in [2.24, 2.45) is 0 Å². The van der Waals surface area contributed by atoms with Crippen molar-refractivity contribution >= 4 is 27.8 Å². The molecular formula is C25H18N4O2. The molecule has 31 heavy (non-hydrogen) atoms. The molecule has 0 saturated carbocycles. The van der Waals surface area contributed by atoms with Gasteiger partial charge < -0.3 is 14.7 Å². The fraction of sp³-hybridized carbons (Fsp3) is 0.0800. The Hall–Kier alpha value is -4.37. The van der Waals surface area contributed by atoms with E-state index >= 15 is 0 Å². The van der Waals surface area contributed by atoms with E-state index in [0.717, 1.165) is 38.8 Å². The number of H-pyrrole nitrogens is 1. The fourth-order valence-corrected chi connectivity index (χ4v) is 3.65. The molecule has 1 amide bonds. The first-order valence-corrected chi connectivity index (χ1v) is 9.93. The molecule has 150 valence electrons. The smallest absolute Gasteiger partial charge is 0.251 e. The summed E-state index contributed by atoms with van der Waals surface area (Å²) in [6, 6.07) is 19.3. The van der Waals surface area contributed by atoms with Gasteiger partial charge in [0.2, 0.25) is 0 Å². The normalized spacial score (nSPS) is 10.9. The molecular weight excluding hydrogens is 388 g/mol. The second kappa shape index (κ2) is 7.81. The molecule has 0 aliphatic carbocycles. The van der Waals surface area contributed by atoms with Crippen LogP contribution >= 0.6 is 0 Å². The highest BCUT2D eigenvalue weighted by atomic mass is 16.3. The van der Waals surface area contributed by atoms with Crippen LogP contribution in [0.15, 0.2) is 77.6 Å². The number of fused-ring (bicyclic) bond motifs is 2. The van der Waals surface area contributed by atoms with Crippen molar-refractivity contribution in [3.8, 4) is 17.4 Å². The molecule has 0 saturated heterocycles. The van der Waals surface area contributed by atoms with E-state index in [4.69, 9.17) is 4.42 Å². The summed E-state index contributed by atoms with van der Waals surface area (Å²) in [5, 5.41) is 14.0. The molecule has 0 aliphatic heterocycles. The predicted molar refractivity (Wildman–Crippen MR) is 118 cm³/mol. The first kappa shape index (κ1) is 18.6. The first-order chi connectivity index (χ1) is 15.2. The molecule has 0 spiro atoms. The van der Waals surface area contributed by atoms with Crippen LogP contribution in [0.1, 0.15) is 21.5 Å². The van der Waals surface area contributed by atoms with Crippen molar-refractivity contribution in [3.63, 3.8) is 0 Å². The summed E-state index contributed by atoms with van der Waals surface area (Å²) in [7, 11) is 0. The van der Waals surface area contributed by atoms with Gasteiger partial charge in [-0.1, -0.05) is 18.2 Å². The second-order valence-electron chi connectivity index (χ2n) is 7.30. The molecule has 0 unspecified atom stereocenters. The molecule has 0 radical (unpaired) electrons. The zero-order valence-corrected chi connectivity index (χ0v) is 16.6. The number of furan rings is 1. The lowest BCUT2D eigenvalue weighted by molar-refractivity contribution is 0.0954. The number of aromatic nitrogens is 2. The van der Waals surface area contributed by atoms with E-state index in [1.54, 1.807) is 30.7 Å². The van der Waals surface area contributed by atoms with E-state index in [-0.39, 0.29) is 5.91 Å². The molecule has 3 heterocycles. The van der Waals surface area contributed by atoms with Gasteiger partial charge in [-0.15, -0.1) is 0 Å². The number of hydrogen-bond acceptors (Lipinski definition) is 4. The Labute approximate surface area is 178 Å². The highest BCUT2D eigenvalue weighted by molar-refractivity contribution is 5.94. The lowest BCUT2D eigenvalue weighted by Crippen LogP contribution is -2.25. The highest BCUT2D eigenvalue weighted by Gasteiger charge is 2.09. The third-order valence-corrected chi connectivity index (χ3v) is 5.31. The maximum absolute atomic E-state index is 12.5. The minimum absolute atomic E-state index is 0.124. The summed E-state index contributed by atoms with van der Waals surface area (Å²) in [5.74, 6) is 0.618. The zero-order valence-electron chi connectivity index (χ0n) is 16.6. The molecule has 2 aromatic carbocycles. The van der Waals surface area contributed by atoms with Crippen LogP contribution in [0.4, 0.5) is 0 Å². The van der Waals surface area contributed by atoms with Gasteiger partial charge in [-0.05, 0) is 48.4 Å². The number of nitrogens with one attached hydrogen (secondary N) is 2. The molecule has 0 atom stereocenters. The van der Waals surface area contributed by atoms with Crippen LogP contribution in [-0.4, -0.2) is 22.4 Å². The number of benzene rings is 2. The summed E-state index contributed by atoms with van der Waals surface area (Å²) in [5.41, 5.74) is 4.91. The van der Waals surface area contributed by atoms with Crippen molar-refractivity contribution in [3.05, 3.63) is 89.9 Å². The van der Waals surface area contributed by atoms with Gasteiger partial charge in [-0.25, -0.2) is 0 Å². The van der Waals surface area contributed by atoms with Crippen LogP contribution < -0.4 is 5.32 Å². The first-order valence-electron chi connectivity index (χ1n) is 9.93. The van der Waals surface area contributed by atoms with Crippen molar-refractivity contribution in [2.75, 3.05) is 6.54 Å². The van der Waals surface area contributed by atoms with Crippen LogP contribution in [0, 0.1) is 11.3 Å². The Kier molecular flexibility index (Phi) is 4.70. The number of carbonyl (C=O) groups excluding carboxylic acids is 1. The maximum atomic E-state index is 12.5. The minimum Gasteiger partial charge on any atom is -0.456 e. The molecule has 0 aliphatic rings. The Balaban J connectivity index is 1.23. The molecule has 6 nitrogen and oxygen atoms in total. The molecule has 2 N–H and O–H groups in total. The second-order valence-corrected chi connectivity index (χ2v) is 7.30. The van der Waals surface area contributed by atoms with E-state index in [2.05, 4.69) is 21.4 Å². The van der Waals surface area contributed by atoms with Crippen LogP contribution in [0.3, 0.4) is 0 Å². The van der Waals surface area contributed by atoms with E-state index in [0.29, 0.717) is 24.1 Å². The SMILES string of the molecule is N#Cc1c[nH]c2ccc(CCNC(=O)c3ccc(-c4cc5cnccc5o4)cc3)cc12. The topological polar surface area (TPSA) is 94.7 Å². The Bertz CT molecular complexity index is 1410. The summed E-state index contributed by atoms with van der Waals surface area (Å²) < 4.78 is 5.85. The van der Waals surface area contributed by atoms with Crippen LogP contribution in [0.25, 0.3) is 33.2 Å². The number of pyridine rings is 1. The van der Waals surface area contributed by atoms with Gasteiger partial charge in [0, 0.05) is 52.6 Å². The number of carbonyl (C=O) groups is 1. The lowest BCUT2D eigenvalue weighted by Gasteiger charge is -2.06. The van der Waals surface area contributed by atoms with Crippen molar-refractivity contribution < 1.29 is 9.21 Å². The average Bonchev–Trinajstić information content (AvgIpc) is 3.42. The van der Waals surface area contributed by atoms with Crippen LogP contribution in [-0.2, 0) is 6.42 Å². The highest BCUT2D eigenvalue weighted by Crippen LogP contribution is 2.27. The number of aromatic amines is 1. The zero-order chi connectivity index (χ0) is 21.2. The van der Waals surface area contributed by atoms with Crippen molar-refractivity contribution in [1.82, 2.24) is 15.3 Å². The van der Waals surface area contributed by atoms with Gasteiger partial charge in [-0.3, -0.25) is 9.78 Å². The number of hydrogen-bond donors (Lipinski definition) is 2. The molecule has 3 aromatic heterocycles. The minimum atomic E-state index is -0.124. The third-order valence-electron chi connectivity index (χ3n) is 5.31. The number of nitrogens with zero attached hydrogens (tertiary/aromatic N) is 2. The largest absolute Gasteiger partial charge is 0.456 e. The third kappa shape index (κ3) is 3.65. The predicted octanol–water partition coefficient (Wildman–Crippen LogP) is 4.82.